The lowest BCUT2D eigenvalue weighted by atomic mass is 10.2. The van der Waals surface area contributed by atoms with E-state index in [0.717, 1.165) is 19.5 Å². The van der Waals surface area contributed by atoms with Gasteiger partial charge < -0.3 is 15.5 Å². The zero-order valence-corrected chi connectivity index (χ0v) is 11.3. The van der Waals surface area contributed by atoms with Crippen LogP contribution in [0.3, 0.4) is 0 Å². The average Bonchev–Trinajstić information content (AvgIpc) is 2.81. The third-order valence-electron chi connectivity index (χ3n) is 3.69. The minimum Gasteiger partial charge on any atom is -0.382 e. The zero-order valence-electron chi connectivity index (χ0n) is 11.3. The van der Waals surface area contributed by atoms with E-state index in [1.165, 1.54) is 6.42 Å². The monoisotopic (exact) mass is 264 g/mol. The molecule has 104 valence electrons. The first-order valence-electron chi connectivity index (χ1n) is 6.52. The van der Waals surface area contributed by atoms with E-state index in [1.54, 1.807) is 19.2 Å². The molecule has 1 saturated heterocycles. The van der Waals surface area contributed by atoms with E-state index in [2.05, 4.69) is 22.6 Å². The maximum atomic E-state index is 11.2. The fraction of sp³-hybridized carbons (Fsp3) is 0.538. The molecule has 1 aliphatic rings. The molecule has 0 spiro atoms. The van der Waals surface area contributed by atoms with Crippen LogP contribution in [0.15, 0.2) is 18.2 Å². The van der Waals surface area contributed by atoms with E-state index in [4.69, 9.17) is 0 Å². The van der Waals surface area contributed by atoms with Gasteiger partial charge in [-0.05, 0) is 38.6 Å². The van der Waals surface area contributed by atoms with Gasteiger partial charge in [0.25, 0.3) is 0 Å². The number of nitrogens with one attached hydrogen (secondary N) is 2. The Hall–Kier alpha value is -1.82. The summed E-state index contributed by atoms with van der Waals surface area (Å²) < 4.78 is 0. The molecule has 6 nitrogen and oxygen atoms in total. The molecule has 2 rings (SSSR count). The molecule has 1 atom stereocenters. The van der Waals surface area contributed by atoms with Gasteiger partial charge in [0.2, 0.25) is 0 Å². The van der Waals surface area contributed by atoms with Crippen molar-refractivity contribution >= 4 is 17.1 Å². The molecule has 2 N–H and O–H groups in total. The molecule has 0 radical (unpaired) electrons. The van der Waals surface area contributed by atoms with Crippen molar-refractivity contribution in [3.63, 3.8) is 0 Å². The largest absolute Gasteiger partial charge is 0.382 e. The van der Waals surface area contributed by atoms with Crippen LogP contribution in [-0.2, 0) is 0 Å². The third kappa shape index (κ3) is 2.96. The Morgan fingerprint density at radius 3 is 2.79 bits per heavy atom. The average molecular weight is 264 g/mol. The van der Waals surface area contributed by atoms with Crippen molar-refractivity contribution in [2.75, 3.05) is 37.8 Å². The van der Waals surface area contributed by atoms with Gasteiger partial charge in [0.1, 0.15) is 11.4 Å². The quantitative estimate of drug-likeness (QED) is 0.630. The second-order valence-corrected chi connectivity index (χ2v) is 4.87. The Balaban J connectivity index is 2.13. The summed E-state index contributed by atoms with van der Waals surface area (Å²) in [6.07, 6.45) is 2.34. The van der Waals surface area contributed by atoms with Crippen molar-refractivity contribution in [2.24, 2.45) is 0 Å². The Labute approximate surface area is 112 Å². The minimum absolute atomic E-state index is 0.116. The highest BCUT2D eigenvalue weighted by Crippen LogP contribution is 2.32. The van der Waals surface area contributed by atoms with Crippen LogP contribution >= 0.6 is 0 Å². The molecule has 1 aromatic carbocycles. The van der Waals surface area contributed by atoms with Crippen molar-refractivity contribution < 1.29 is 4.92 Å². The van der Waals surface area contributed by atoms with Crippen molar-refractivity contribution in [2.45, 2.75) is 18.9 Å². The summed E-state index contributed by atoms with van der Waals surface area (Å²) in [6.45, 7) is 1.84. The lowest BCUT2D eigenvalue weighted by Gasteiger charge is -2.20. The first-order chi connectivity index (χ1) is 9.13. The standard InChI is InChI=1S/C13H20N4O2/c1-14-11-6-3-7-12(13(11)17(18)19)15-9-10-5-4-8-16(10)2/h3,6-7,10,14-15H,4-5,8-9H2,1-2H3. The number of anilines is 2. The second kappa shape index (κ2) is 5.88. The van der Waals surface area contributed by atoms with E-state index in [-0.39, 0.29) is 10.6 Å². The van der Waals surface area contributed by atoms with E-state index in [9.17, 15) is 10.1 Å². The first-order valence-corrected chi connectivity index (χ1v) is 6.52. The van der Waals surface area contributed by atoms with E-state index >= 15 is 0 Å². The third-order valence-corrected chi connectivity index (χ3v) is 3.69. The first kappa shape index (κ1) is 13.6. The van der Waals surface area contributed by atoms with E-state index in [1.807, 2.05) is 6.07 Å². The number of nitro groups is 1. The van der Waals surface area contributed by atoms with Gasteiger partial charge >= 0.3 is 5.69 Å². The Morgan fingerprint density at radius 2 is 2.21 bits per heavy atom. The number of likely N-dealkylation sites (N-methyl/N-ethyl adjacent to an activating group) is 1. The SMILES string of the molecule is CNc1cccc(NCC2CCCN2C)c1[N+](=O)[O-]. The van der Waals surface area contributed by atoms with Crippen molar-refractivity contribution in [3.8, 4) is 0 Å². The predicted octanol–water partition coefficient (Wildman–Crippen LogP) is 2.14. The number of hydrogen-bond acceptors (Lipinski definition) is 5. The zero-order chi connectivity index (χ0) is 13.8. The lowest BCUT2D eigenvalue weighted by molar-refractivity contribution is -0.383. The number of nitrogens with zero attached hydrogens (tertiary/aromatic N) is 2. The molecule has 19 heavy (non-hydrogen) atoms. The highest BCUT2D eigenvalue weighted by molar-refractivity contribution is 5.76. The molecule has 1 heterocycles. The molecule has 0 saturated carbocycles. The lowest BCUT2D eigenvalue weighted by Crippen LogP contribution is -2.31. The maximum absolute atomic E-state index is 11.2. The Bertz CT molecular complexity index is 464. The van der Waals surface area contributed by atoms with Crippen molar-refractivity contribution in [3.05, 3.63) is 28.3 Å². The summed E-state index contributed by atoms with van der Waals surface area (Å²) in [6, 6.07) is 5.75. The number of hydrogen-bond donors (Lipinski definition) is 2. The second-order valence-electron chi connectivity index (χ2n) is 4.87. The summed E-state index contributed by atoms with van der Waals surface area (Å²) in [7, 11) is 3.79. The van der Waals surface area contributed by atoms with Gasteiger partial charge in [-0.1, -0.05) is 6.07 Å². The summed E-state index contributed by atoms with van der Waals surface area (Å²) in [5.41, 5.74) is 1.23. The van der Waals surface area contributed by atoms with Crippen LogP contribution < -0.4 is 10.6 Å². The predicted molar refractivity (Wildman–Crippen MR) is 76.8 cm³/mol. The number of benzene rings is 1. The summed E-state index contributed by atoms with van der Waals surface area (Å²) >= 11 is 0. The summed E-state index contributed by atoms with van der Waals surface area (Å²) in [5.74, 6) is 0. The highest BCUT2D eigenvalue weighted by Gasteiger charge is 2.23. The van der Waals surface area contributed by atoms with Crippen molar-refractivity contribution in [1.82, 2.24) is 4.90 Å². The fourth-order valence-corrected chi connectivity index (χ4v) is 2.55. The van der Waals surface area contributed by atoms with Gasteiger partial charge in [0, 0.05) is 19.6 Å². The van der Waals surface area contributed by atoms with Gasteiger partial charge in [-0.25, -0.2) is 0 Å². The van der Waals surface area contributed by atoms with Gasteiger partial charge in [-0.15, -0.1) is 0 Å². The van der Waals surface area contributed by atoms with Gasteiger partial charge in [-0.3, -0.25) is 10.1 Å². The number of likely N-dealkylation sites (tertiary alicyclic amines) is 1. The number of rotatable bonds is 5. The summed E-state index contributed by atoms with van der Waals surface area (Å²) in [4.78, 5) is 13.1. The molecule has 0 bridgehead atoms. The van der Waals surface area contributed by atoms with Crippen LogP contribution in [0.4, 0.5) is 17.1 Å². The van der Waals surface area contributed by atoms with Crippen LogP contribution in [0.5, 0.6) is 0 Å². The molecule has 0 aliphatic carbocycles. The van der Waals surface area contributed by atoms with Crippen LogP contribution in [0.1, 0.15) is 12.8 Å². The van der Waals surface area contributed by atoms with Crippen LogP contribution in [0, 0.1) is 10.1 Å². The van der Waals surface area contributed by atoms with Crippen LogP contribution in [0.25, 0.3) is 0 Å². The van der Waals surface area contributed by atoms with E-state index < -0.39 is 0 Å². The van der Waals surface area contributed by atoms with Crippen LogP contribution in [-0.4, -0.2) is 43.0 Å². The smallest absolute Gasteiger partial charge is 0.315 e. The Morgan fingerprint density at radius 1 is 1.47 bits per heavy atom. The molecule has 0 amide bonds. The number of para-hydroxylation sites is 1. The molecule has 0 aromatic heterocycles. The van der Waals surface area contributed by atoms with Gasteiger partial charge in [0.05, 0.1) is 4.92 Å². The summed E-state index contributed by atoms with van der Waals surface area (Å²) in [5, 5.41) is 17.3. The van der Waals surface area contributed by atoms with Crippen molar-refractivity contribution in [1.29, 1.82) is 0 Å². The minimum atomic E-state index is -0.341. The molecule has 6 heteroatoms. The molecular weight excluding hydrogens is 244 g/mol. The number of nitro benzene ring substituents is 1. The van der Waals surface area contributed by atoms with Gasteiger partial charge in [-0.2, -0.15) is 0 Å². The van der Waals surface area contributed by atoms with Crippen LogP contribution in [0.2, 0.25) is 0 Å². The highest BCUT2D eigenvalue weighted by atomic mass is 16.6. The molecule has 1 aromatic rings. The van der Waals surface area contributed by atoms with E-state index in [0.29, 0.717) is 17.4 Å². The Kier molecular flexibility index (Phi) is 4.21. The maximum Gasteiger partial charge on any atom is 0.315 e. The topological polar surface area (TPSA) is 70.4 Å². The molecular formula is C13H20N4O2. The molecule has 1 fully saturated rings. The normalized spacial score (nSPS) is 19.4. The molecule has 1 aliphatic heterocycles. The van der Waals surface area contributed by atoms with Gasteiger partial charge in [0.15, 0.2) is 0 Å². The molecule has 1 unspecified atom stereocenters. The fourth-order valence-electron chi connectivity index (χ4n) is 2.55.